The molecule has 0 spiro atoms. The molecule has 1 atom stereocenters. The maximum Gasteiger partial charge on any atom is 0.224 e. The average Bonchev–Trinajstić information content (AvgIpc) is 3.01. The molecule has 1 unspecified atom stereocenters. The van der Waals surface area contributed by atoms with E-state index >= 15 is 0 Å². The minimum atomic E-state index is -0.00856. The molecule has 0 aromatic heterocycles. The summed E-state index contributed by atoms with van der Waals surface area (Å²) in [4.78, 5) is 12.1. The number of halogens is 1. The van der Waals surface area contributed by atoms with Gasteiger partial charge in [-0.2, -0.15) is 0 Å². The van der Waals surface area contributed by atoms with E-state index in [1.165, 1.54) is 0 Å². The van der Waals surface area contributed by atoms with E-state index in [4.69, 9.17) is 21.1 Å². The number of nitrogens with one attached hydrogen (secondary N) is 2. The van der Waals surface area contributed by atoms with Gasteiger partial charge < -0.3 is 20.1 Å². The Labute approximate surface area is 136 Å². The second-order valence-electron chi connectivity index (χ2n) is 5.40. The van der Waals surface area contributed by atoms with Crippen LogP contribution in [0, 0.1) is 5.92 Å². The van der Waals surface area contributed by atoms with Crippen molar-refractivity contribution in [1.29, 1.82) is 0 Å². The zero-order valence-electron chi connectivity index (χ0n) is 12.9. The highest BCUT2D eigenvalue weighted by Gasteiger charge is 2.17. The molecule has 1 saturated heterocycles. The summed E-state index contributed by atoms with van der Waals surface area (Å²) in [6, 6.07) is 5.33. The minimum absolute atomic E-state index is 0.00856. The van der Waals surface area contributed by atoms with Crippen LogP contribution in [-0.2, 0) is 9.53 Å². The molecule has 122 valence electrons. The van der Waals surface area contributed by atoms with Gasteiger partial charge in [0, 0.05) is 13.5 Å². The van der Waals surface area contributed by atoms with E-state index in [1.807, 2.05) is 0 Å². The second kappa shape index (κ2) is 8.98. The summed E-state index contributed by atoms with van der Waals surface area (Å²) in [7, 11) is 1.61. The maximum absolute atomic E-state index is 12.1. The van der Waals surface area contributed by atoms with Gasteiger partial charge in [0.2, 0.25) is 5.91 Å². The predicted molar refractivity (Wildman–Crippen MR) is 87.7 cm³/mol. The summed E-state index contributed by atoms with van der Waals surface area (Å²) in [6.07, 6.45) is 2.56. The summed E-state index contributed by atoms with van der Waals surface area (Å²) in [5.74, 6) is 1.09. The van der Waals surface area contributed by atoms with Gasteiger partial charge in [0.15, 0.2) is 5.75 Å². The fourth-order valence-electron chi connectivity index (χ4n) is 2.49. The number of carbonyl (C=O) groups excluding carboxylic acids is 1. The number of benzene rings is 1. The molecule has 1 aliphatic rings. The molecule has 2 N–H and O–H groups in total. The smallest absolute Gasteiger partial charge is 0.224 e. The van der Waals surface area contributed by atoms with E-state index in [2.05, 4.69) is 10.6 Å². The molecule has 1 fully saturated rings. The lowest BCUT2D eigenvalue weighted by Gasteiger charge is -2.14. The fourth-order valence-corrected chi connectivity index (χ4v) is 2.72. The lowest BCUT2D eigenvalue weighted by Crippen LogP contribution is -2.16. The molecule has 0 bridgehead atoms. The van der Waals surface area contributed by atoms with Crippen molar-refractivity contribution in [1.82, 2.24) is 5.32 Å². The summed E-state index contributed by atoms with van der Waals surface area (Å²) in [6.45, 7) is 2.91. The van der Waals surface area contributed by atoms with E-state index in [0.29, 0.717) is 42.0 Å². The van der Waals surface area contributed by atoms with Gasteiger partial charge in [-0.1, -0.05) is 17.7 Å². The highest BCUT2D eigenvalue weighted by Crippen LogP contribution is 2.33. The fraction of sp³-hybridized carbons (Fsp3) is 0.562. The molecular formula is C16H23ClN2O3. The summed E-state index contributed by atoms with van der Waals surface area (Å²) >= 11 is 6.15. The molecule has 0 aliphatic carbocycles. The number of anilines is 1. The van der Waals surface area contributed by atoms with Crippen LogP contribution >= 0.6 is 11.6 Å². The van der Waals surface area contributed by atoms with Crippen LogP contribution < -0.4 is 15.4 Å². The van der Waals surface area contributed by atoms with Crippen LogP contribution in [0.1, 0.15) is 19.3 Å². The number of para-hydroxylation sites is 1. The van der Waals surface area contributed by atoms with E-state index in [-0.39, 0.29) is 5.91 Å². The van der Waals surface area contributed by atoms with Crippen LogP contribution in [0.4, 0.5) is 5.69 Å². The molecule has 6 heteroatoms. The first kappa shape index (κ1) is 17.1. The number of amides is 1. The molecule has 1 aromatic rings. The van der Waals surface area contributed by atoms with Gasteiger partial charge in [-0.05, 0) is 44.0 Å². The van der Waals surface area contributed by atoms with Gasteiger partial charge in [0.05, 0.1) is 17.3 Å². The van der Waals surface area contributed by atoms with Crippen LogP contribution in [-0.4, -0.2) is 39.3 Å². The van der Waals surface area contributed by atoms with Crippen molar-refractivity contribution < 1.29 is 14.3 Å². The largest absolute Gasteiger partial charge is 0.487 e. The van der Waals surface area contributed by atoms with Crippen molar-refractivity contribution in [2.75, 3.05) is 38.7 Å². The van der Waals surface area contributed by atoms with E-state index < -0.39 is 0 Å². The van der Waals surface area contributed by atoms with Gasteiger partial charge in [-0.15, -0.1) is 0 Å². The van der Waals surface area contributed by atoms with Gasteiger partial charge in [0.25, 0.3) is 0 Å². The quantitative estimate of drug-likeness (QED) is 0.721. The molecule has 1 aliphatic heterocycles. The average molecular weight is 327 g/mol. The van der Waals surface area contributed by atoms with E-state index in [0.717, 1.165) is 25.9 Å². The van der Waals surface area contributed by atoms with E-state index in [9.17, 15) is 4.79 Å². The summed E-state index contributed by atoms with van der Waals surface area (Å²) in [5, 5.41) is 6.68. The maximum atomic E-state index is 12.1. The highest BCUT2D eigenvalue weighted by atomic mass is 35.5. The van der Waals surface area contributed by atoms with Gasteiger partial charge >= 0.3 is 0 Å². The first-order chi connectivity index (χ1) is 10.7. The lowest BCUT2D eigenvalue weighted by atomic mass is 10.0. The second-order valence-corrected chi connectivity index (χ2v) is 5.81. The number of methoxy groups -OCH3 is 1. The Balaban J connectivity index is 1.89. The Morgan fingerprint density at radius 1 is 1.45 bits per heavy atom. The molecule has 1 aromatic carbocycles. The van der Waals surface area contributed by atoms with Crippen molar-refractivity contribution in [3.05, 3.63) is 23.2 Å². The topological polar surface area (TPSA) is 59.6 Å². The van der Waals surface area contributed by atoms with Crippen molar-refractivity contribution in [3.8, 4) is 5.75 Å². The zero-order valence-corrected chi connectivity index (χ0v) is 13.6. The van der Waals surface area contributed by atoms with Crippen LogP contribution in [0.15, 0.2) is 18.2 Å². The molecule has 1 heterocycles. The normalized spacial score (nSPS) is 17.5. The van der Waals surface area contributed by atoms with Gasteiger partial charge in [-0.25, -0.2) is 0 Å². The summed E-state index contributed by atoms with van der Waals surface area (Å²) in [5.41, 5.74) is 0.609. The first-order valence-corrected chi connectivity index (χ1v) is 7.99. The zero-order chi connectivity index (χ0) is 15.8. The van der Waals surface area contributed by atoms with Crippen molar-refractivity contribution in [3.63, 3.8) is 0 Å². The third kappa shape index (κ3) is 5.16. The Kier molecular flexibility index (Phi) is 6.96. The highest BCUT2D eigenvalue weighted by molar-refractivity contribution is 6.32. The van der Waals surface area contributed by atoms with E-state index in [1.54, 1.807) is 25.3 Å². The SMILES string of the molecule is COCCOc1c(Cl)cccc1NC(=O)CCC1CCNC1. The number of rotatable bonds is 8. The van der Waals surface area contributed by atoms with Crippen LogP contribution in [0.2, 0.25) is 5.02 Å². The molecule has 5 nitrogen and oxygen atoms in total. The van der Waals surface area contributed by atoms with Crippen LogP contribution in [0.25, 0.3) is 0 Å². The van der Waals surface area contributed by atoms with Gasteiger partial charge in [-0.3, -0.25) is 4.79 Å². The van der Waals surface area contributed by atoms with Crippen LogP contribution in [0.3, 0.4) is 0 Å². The van der Waals surface area contributed by atoms with Crippen molar-refractivity contribution >= 4 is 23.2 Å². The lowest BCUT2D eigenvalue weighted by molar-refractivity contribution is -0.116. The monoisotopic (exact) mass is 326 g/mol. The number of carbonyl (C=O) groups is 1. The van der Waals surface area contributed by atoms with Gasteiger partial charge in [0.1, 0.15) is 6.61 Å². The number of hydrogen-bond acceptors (Lipinski definition) is 4. The van der Waals surface area contributed by atoms with Crippen LogP contribution in [0.5, 0.6) is 5.75 Å². The third-order valence-corrected chi connectivity index (χ3v) is 4.01. The Morgan fingerprint density at radius 2 is 2.32 bits per heavy atom. The molecule has 0 saturated carbocycles. The Morgan fingerprint density at radius 3 is 3.05 bits per heavy atom. The Hall–Kier alpha value is -1.30. The molecule has 1 amide bonds. The molecule has 0 radical (unpaired) electrons. The first-order valence-electron chi connectivity index (χ1n) is 7.61. The van der Waals surface area contributed by atoms with Crippen molar-refractivity contribution in [2.24, 2.45) is 5.92 Å². The number of hydrogen-bond donors (Lipinski definition) is 2. The summed E-state index contributed by atoms with van der Waals surface area (Å²) < 4.78 is 10.6. The predicted octanol–water partition coefficient (Wildman–Crippen LogP) is 2.69. The standard InChI is InChI=1S/C16H23ClN2O3/c1-21-9-10-22-16-13(17)3-2-4-14(16)19-15(20)6-5-12-7-8-18-11-12/h2-4,12,18H,5-11H2,1H3,(H,19,20). The molecule has 2 rings (SSSR count). The third-order valence-electron chi connectivity index (χ3n) is 3.72. The van der Waals surface area contributed by atoms with Crippen molar-refractivity contribution in [2.45, 2.75) is 19.3 Å². The molecule has 22 heavy (non-hydrogen) atoms. The Bertz CT molecular complexity index is 490. The minimum Gasteiger partial charge on any atom is -0.487 e. The molecular weight excluding hydrogens is 304 g/mol. The number of ether oxygens (including phenoxy) is 2.